The molecule has 130 valence electrons. The van der Waals surface area contributed by atoms with Crippen molar-refractivity contribution in [3.8, 4) is 0 Å². The van der Waals surface area contributed by atoms with Crippen molar-refractivity contribution in [1.82, 2.24) is 5.43 Å². The van der Waals surface area contributed by atoms with Gasteiger partial charge in [-0.05, 0) is 29.1 Å². The standard InChI is InChI=1S/C17H35N3O2/c1-15(2,3)9-12(14(22)20-19)17(7,8)10-11(13(18)21)16(4,5)6/h11-12H,9-10,19H2,1-8H3,(H2,18,21)(H,20,22). The second kappa shape index (κ2) is 6.99. The maximum atomic E-state index is 12.3. The summed E-state index contributed by atoms with van der Waals surface area (Å²) < 4.78 is 0. The Labute approximate surface area is 135 Å². The van der Waals surface area contributed by atoms with Crippen molar-refractivity contribution in [1.29, 1.82) is 0 Å². The van der Waals surface area contributed by atoms with Gasteiger partial charge in [0.25, 0.3) is 0 Å². The first kappa shape index (κ1) is 20.9. The van der Waals surface area contributed by atoms with Crippen LogP contribution in [0.1, 0.15) is 68.2 Å². The zero-order valence-corrected chi connectivity index (χ0v) is 15.5. The monoisotopic (exact) mass is 313 g/mol. The van der Waals surface area contributed by atoms with Gasteiger partial charge in [-0.3, -0.25) is 15.0 Å². The maximum absolute atomic E-state index is 12.3. The molecule has 5 N–H and O–H groups in total. The van der Waals surface area contributed by atoms with E-state index in [4.69, 9.17) is 11.6 Å². The van der Waals surface area contributed by atoms with Gasteiger partial charge in [-0.2, -0.15) is 0 Å². The number of primary amides is 1. The molecule has 0 fully saturated rings. The van der Waals surface area contributed by atoms with Crippen molar-refractivity contribution in [2.45, 2.75) is 68.2 Å². The van der Waals surface area contributed by atoms with Crippen LogP contribution >= 0.6 is 0 Å². The predicted octanol–water partition coefficient (Wildman–Crippen LogP) is 2.59. The summed E-state index contributed by atoms with van der Waals surface area (Å²) in [6.07, 6.45) is 1.25. The molecule has 0 saturated carbocycles. The molecule has 0 aliphatic heterocycles. The van der Waals surface area contributed by atoms with E-state index in [1.165, 1.54) is 0 Å². The zero-order chi connectivity index (χ0) is 17.9. The van der Waals surface area contributed by atoms with Crippen LogP contribution in [0.15, 0.2) is 0 Å². The third kappa shape index (κ3) is 6.34. The van der Waals surface area contributed by atoms with Crippen LogP contribution in [0, 0.1) is 28.1 Å². The fourth-order valence-electron chi connectivity index (χ4n) is 2.94. The Morgan fingerprint density at radius 1 is 0.909 bits per heavy atom. The summed E-state index contributed by atoms with van der Waals surface area (Å²) in [5.74, 6) is 4.30. The lowest BCUT2D eigenvalue weighted by molar-refractivity contribution is -0.134. The van der Waals surface area contributed by atoms with Crippen LogP contribution < -0.4 is 17.0 Å². The molecule has 0 aliphatic rings. The van der Waals surface area contributed by atoms with E-state index < -0.39 is 0 Å². The van der Waals surface area contributed by atoms with E-state index in [1.807, 2.05) is 34.6 Å². The third-order valence-electron chi connectivity index (χ3n) is 4.34. The number of hydrogen-bond donors (Lipinski definition) is 3. The highest BCUT2D eigenvalue weighted by Crippen LogP contribution is 2.44. The van der Waals surface area contributed by atoms with Gasteiger partial charge in [-0.1, -0.05) is 55.4 Å². The Hall–Kier alpha value is -1.10. The van der Waals surface area contributed by atoms with Crippen molar-refractivity contribution in [3.05, 3.63) is 0 Å². The largest absolute Gasteiger partial charge is 0.369 e. The number of nitrogens with one attached hydrogen (secondary N) is 1. The minimum atomic E-state index is -0.385. The van der Waals surface area contributed by atoms with Crippen molar-refractivity contribution >= 4 is 11.8 Å². The Morgan fingerprint density at radius 2 is 1.36 bits per heavy atom. The van der Waals surface area contributed by atoms with Crippen LogP contribution in [-0.4, -0.2) is 11.8 Å². The SMILES string of the molecule is CC(C)(C)CC(C(=O)NN)C(C)(C)CC(C(N)=O)C(C)(C)C. The van der Waals surface area contributed by atoms with E-state index in [1.54, 1.807) is 0 Å². The second-order valence-electron chi connectivity index (χ2n) is 9.34. The van der Waals surface area contributed by atoms with Crippen molar-refractivity contribution in [2.75, 3.05) is 0 Å². The zero-order valence-electron chi connectivity index (χ0n) is 15.5. The highest BCUT2D eigenvalue weighted by atomic mass is 16.2. The normalized spacial score (nSPS) is 16.0. The topological polar surface area (TPSA) is 98.2 Å². The van der Waals surface area contributed by atoms with Crippen molar-refractivity contribution in [3.63, 3.8) is 0 Å². The molecule has 22 heavy (non-hydrogen) atoms. The first-order valence-electron chi connectivity index (χ1n) is 7.91. The van der Waals surface area contributed by atoms with Crippen LogP contribution in [0.3, 0.4) is 0 Å². The Morgan fingerprint density at radius 3 is 1.64 bits per heavy atom. The number of hydrazine groups is 1. The molecule has 0 aromatic carbocycles. The second-order valence-corrected chi connectivity index (χ2v) is 9.34. The molecule has 0 heterocycles. The molecule has 0 aromatic heterocycles. The van der Waals surface area contributed by atoms with Crippen LogP contribution in [-0.2, 0) is 9.59 Å². The molecule has 2 unspecified atom stereocenters. The Balaban J connectivity index is 5.51. The molecule has 5 heteroatoms. The van der Waals surface area contributed by atoms with E-state index in [0.29, 0.717) is 12.8 Å². The fraction of sp³-hybridized carbons (Fsp3) is 0.882. The Kier molecular flexibility index (Phi) is 6.64. The quantitative estimate of drug-likeness (QED) is 0.399. The lowest BCUT2D eigenvalue weighted by Gasteiger charge is -2.41. The number of nitrogens with two attached hydrogens (primary N) is 2. The van der Waals surface area contributed by atoms with Gasteiger partial charge in [0.2, 0.25) is 11.8 Å². The molecule has 0 rings (SSSR count). The number of amides is 2. The van der Waals surface area contributed by atoms with Crippen LogP contribution in [0.5, 0.6) is 0 Å². The summed E-state index contributed by atoms with van der Waals surface area (Å²) in [4.78, 5) is 24.2. The van der Waals surface area contributed by atoms with E-state index >= 15 is 0 Å². The number of carbonyl (C=O) groups is 2. The van der Waals surface area contributed by atoms with E-state index in [-0.39, 0.29) is 39.9 Å². The summed E-state index contributed by atoms with van der Waals surface area (Å²) >= 11 is 0. The number of carbonyl (C=O) groups excluding carboxylic acids is 2. The van der Waals surface area contributed by atoms with Gasteiger partial charge >= 0.3 is 0 Å². The smallest absolute Gasteiger partial charge is 0.237 e. The minimum Gasteiger partial charge on any atom is -0.369 e. The molecule has 0 spiro atoms. The minimum absolute atomic E-state index is 0.0155. The number of hydrogen-bond acceptors (Lipinski definition) is 3. The fourth-order valence-corrected chi connectivity index (χ4v) is 2.94. The molecule has 2 atom stereocenters. The van der Waals surface area contributed by atoms with Gasteiger partial charge in [0.05, 0.1) is 0 Å². The lowest BCUT2D eigenvalue weighted by Crippen LogP contribution is -2.46. The lowest BCUT2D eigenvalue weighted by atomic mass is 9.63. The molecule has 0 bridgehead atoms. The van der Waals surface area contributed by atoms with Crippen LogP contribution in [0.4, 0.5) is 0 Å². The van der Waals surface area contributed by atoms with Crippen LogP contribution in [0.2, 0.25) is 0 Å². The maximum Gasteiger partial charge on any atom is 0.237 e. The molecule has 0 radical (unpaired) electrons. The first-order valence-corrected chi connectivity index (χ1v) is 7.91. The summed E-state index contributed by atoms with van der Waals surface area (Å²) in [5.41, 5.74) is 7.24. The summed E-state index contributed by atoms with van der Waals surface area (Å²) in [5, 5.41) is 0. The van der Waals surface area contributed by atoms with Gasteiger partial charge < -0.3 is 5.73 Å². The summed E-state index contributed by atoms with van der Waals surface area (Å²) in [7, 11) is 0. The van der Waals surface area contributed by atoms with Gasteiger partial charge in [-0.15, -0.1) is 0 Å². The van der Waals surface area contributed by atoms with Gasteiger partial charge in [-0.25, -0.2) is 5.84 Å². The molecule has 0 aromatic rings. The van der Waals surface area contributed by atoms with Crippen molar-refractivity contribution < 1.29 is 9.59 Å². The highest BCUT2D eigenvalue weighted by Gasteiger charge is 2.42. The molecule has 5 nitrogen and oxygen atoms in total. The van der Waals surface area contributed by atoms with Gasteiger partial charge in [0, 0.05) is 11.8 Å². The molecule has 0 aliphatic carbocycles. The first-order chi connectivity index (χ1) is 9.62. The van der Waals surface area contributed by atoms with E-state index in [9.17, 15) is 9.59 Å². The van der Waals surface area contributed by atoms with Gasteiger partial charge in [0.15, 0.2) is 0 Å². The molecule has 2 amide bonds. The highest BCUT2D eigenvalue weighted by molar-refractivity contribution is 5.80. The average molecular weight is 313 g/mol. The Bertz CT molecular complexity index is 403. The summed E-state index contributed by atoms with van der Waals surface area (Å²) in [6, 6.07) is 0. The van der Waals surface area contributed by atoms with Crippen molar-refractivity contribution in [2.24, 2.45) is 39.7 Å². The number of rotatable bonds is 6. The molecule has 0 saturated heterocycles. The van der Waals surface area contributed by atoms with Crippen LogP contribution in [0.25, 0.3) is 0 Å². The molecular formula is C17H35N3O2. The third-order valence-corrected chi connectivity index (χ3v) is 4.34. The predicted molar refractivity (Wildman–Crippen MR) is 90.4 cm³/mol. The van der Waals surface area contributed by atoms with Gasteiger partial charge in [0.1, 0.15) is 0 Å². The summed E-state index contributed by atoms with van der Waals surface area (Å²) in [6.45, 7) is 16.3. The van der Waals surface area contributed by atoms with E-state index in [2.05, 4.69) is 26.2 Å². The van der Waals surface area contributed by atoms with E-state index in [0.717, 1.165) is 0 Å². The molecular weight excluding hydrogens is 278 g/mol. The average Bonchev–Trinajstić information content (AvgIpc) is 2.29.